The first kappa shape index (κ1) is 59.2. The molecule has 18 nitrogen and oxygen atoms in total. The number of aromatic carboxylic acids is 1. The maximum Gasteiger partial charge on any atom is 0.354 e. The van der Waals surface area contributed by atoms with Crippen LogP contribution in [0.25, 0.3) is 22.3 Å². The van der Waals surface area contributed by atoms with Crippen molar-refractivity contribution in [2.45, 2.75) is 67.7 Å². The summed E-state index contributed by atoms with van der Waals surface area (Å²) in [6.45, 7) is 0.931. The van der Waals surface area contributed by atoms with Crippen LogP contribution in [0.4, 0.5) is 0 Å². The number of carbonyl (C=O) groups is 2. The van der Waals surface area contributed by atoms with Gasteiger partial charge in [0, 0.05) is 24.1 Å². The highest BCUT2D eigenvalue weighted by molar-refractivity contribution is 7.98. The number of aryl methyl sites for hydroxylation is 2. The predicted molar refractivity (Wildman–Crippen MR) is 292 cm³/mol. The second kappa shape index (κ2) is 28.3. The molecule has 0 bridgehead atoms. The van der Waals surface area contributed by atoms with Crippen molar-refractivity contribution in [2.24, 2.45) is 5.73 Å². The zero-order valence-electron chi connectivity index (χ0n) is 43.6. The Balaban J connectivity index is 0.000000231. The molecule has 1 amide bonds. The van der Waals surface area contributed by atoms with Crippen molar-refractivity contribution >= 4 is 35.4 Å². The lowest BCUT2D eigenvalue weighted by atomic mass is 9.95. The van der Waals surface area contributed by atoms with Gasteiger partial charge in [-0.3, -0.25) is 14.4 Å². The molecule has 0 spiro atoms. The maximum atomic E-state index is 13.2. The largest absolute Gasteiger partial charge is 0.493 e. The first-order chi connectivity index (χ1) is 36.6. The topological polar surface area (TPSA) is 272 Å². The predicted octanol–water partition coefficient (Wildman–Crippen LogP) is 7.98. The highest BCUT2D eigenvalue weighted by Gasteiger charge is 2.31. The second-order valence-corrected chi connectivity index (χ2v) is 18.2. The van der Waals surface area contributed by atoms with Crippen molar-refractivity contribution in [2.75, 3.05) is 55.2 Å². The number of nitrogens with zero attached hydrogens (tertiary/aromatic N) is 3. The minimum absolute atomic E-state index is 0.0166. The van der Waals surface area contributed by atoms with Gasteiger partial charge in [0.1, 0.15) is 11.4 Å². The third-order valence-corrected chi connectivity index (χ3v) is 13.7. The van der Waals surface area contributed by atoms with Crippen molar-refractivity contribution in [1.29, 1.82) is 5.26 Å². The zero-order chi connectivity index (χ0) is 55.6. The van der Waals surface area contributed by atoms with E-state index in [2.05, 4.69) is 15.3 Å². The van der Waals surface area contributed by atoms with Gasteiger partial charge in [-0.15, -0.1) is 23.5 Å². The van der Waals surface area contributed by atoms with Crippen LogP contribution in [0, 0.1) is 11.3 Å². The number of nitrogens with one attached hydrogen (secondary N) is 1. The molecule has 2 heterocycles. The minimum atomic E-state index is -1.08. The molecule has 2 aliphatic rings. The Morgan fingerprint density at radius 3 is 1.53 bits per heavy atom. The molecule has 0 aliphatic heterocycles. The van der Waals surface area contributed by atoms with E-state index >= 15 is 0 Å². The number of ether oxygens (including phenoxy) is 6. The number of fused-ring (bicyclic) bond motifs is 6. The standard InChI is InChI=1S/C27H28N2O6S.C20H23NO4S.C7H7NO3.C2H3N/c1-33-22-12-15-8-10-19(29-27(32)20-7-5-6-16(14-30)28-20)18-13-21(31)23(36-4)11-9-17(18)24(15)26(35-3)25(22)34-2;1-23-16-9-11-5-7-14(21)13-10-15(22)17(26-4)8-6-12(13)18(11)20(25-3)19(16)24-2;9-4-5-2-1-3-6(8-5)7(10)11;1-2-3/h5-7,9,11-13,19,30H,8,10,14H2,1-4H3,(H,29,32);6,8-10,14H,5,7,21H2,1-4H3;1-3,9H,4H2,(H,10,11);1H3/t19-;14-;;/m00../s1. The summed E-state index contributed by atoms with van der Waals surface area (Å²) in [5, 5.41) is 36.8. The monoisotopic (exact) mass is 1080 g/mol. The molecule has 2 atom stereocenters. The van der Waals surface area contributed by atoms with E-state index < -0.39 is 17.9 Å². The van der Waals surface area contributed by atoms with Crippen molar-refractivity contribution < 1.29 is 53.3 Å². The van der Waals surface area contributed by atoms with Crippen LogP contribution < -0.4 is 50.3 Å². The fraction of sp³-hybridized carbons (Fsp3) is 0.304. The van der Waals surface area contributed by atoms with Gasteiger partial charge in [-0.05, 0) is 132 Å². The molecule has 0 radical (unpaired) electrons. The highest BCUT2D eigenvalue weighted by Crippen LogP contribution is 2.51. The number of methoxy groups -OCH3 is 6. The summed E-state index contributed by atoms with van der Waals surface area (Å²) >= 11 is 2.79. The number of rotatable bonds is 13. The molecule has 0 saturated heterocycles. The van der Waals surface area contributed by atoms with Crippen LogP contribution in [0.5, 0.6) is 34.5 Å². The Kier molecular flexibility index (Phi) is 22.0. The van der Waals surface area contributed by atoms with E-state index in [1.807, 2.05) is 42.8 Å². The highest BCUT2D eigenvalue weighted by atomic mass is 32.2. The average Bonchev–Trinajstić information content (AvgIpc) is 3.86. The molecular weight excluding hydrogens is 1010 g/mol. The quantitative estimate of drug-likeness (QED) is 0.0686. The number of aromatic nitrogens is 2. The molecule has 0 saturated carbocycles. The lowest BCUT2D eigenvalue weighted by molar-refractivity contribution is 0.0689. The van der Waals surface area contributed by atoms with Gasteiger partial charge in [0.25, 0.3) is 5.91 Å². The van der Waals surface area contributed by atoms with E-state index in [9.17, 15) is 24.3 Å². The fourth-order valence-corrected chi connectivity index (χ4v) is 9.65. The number of carboxylic acids is 1. The van der Waals surface area contributed by atoms with Crippen LogP contribution in [0.1, 0.15) is 86.5 Å². The number of carbonyl (C=O) groups excluding carboxylic acids is 1. The first-order valence-corrected chi connectivity index (χ1v) is 25.9. The Bertz CT molecular complexity index is 3230. The number of hydrogen-bond donors (Lipinski definition) is 5. The van der Waals surface area contributed by atoms with Crippen LogP contribution >= 0.6 is 23.5 Å². The lowest BCUT2D eigenvalue weighted by Gasteiger charge is -2.20. The van der Waals surface area contributed by atoms with Gasteiger partial charge in [-0.1, -0.05) is 24.3 Å². The van der Waals surface area contributed by atoms with Gasteiger partial charge in [-0.25, -0.2) is 14.8 Å². The van der Waals surface area contributed by atoms with E-state index in [-0.39, 0.29) is 41.5 Å². The molecule has 6 aromatic rings. The number of thioether (sulfide) groups is 2. The number of hydrogen-bond acceptors (Lipinski definition) is 18. The number of carboxylic acid groups (broad SMARTS) is 1. The first-order valence-electron chi connectivity index (χ1n) is 23.5. The van der Waals surface area contributed by atoms with Gasteiger partial charge in [0.05, 0.1) is 89.2 Å². The summed E-state index contributed by atoms with van der Waals surface area (Å²) in [5.41, 5.74) is 14.1. The van der Waals surface area contributed by atoms with Crippen molar-refractivity contribution in [3.05, 3.63) is 150 Å². The van der Waals surface area contributed by atoms with Crippen LogP contribution in [-0.2, 0) is 26.1 Å². The summed E-state index contributed by atoms with van der Waals surface area (Å²) in [4.78, 5) is 58.2. The molecule has 0 fully saturated rings. The van der Waals surface area contributed by atoms with Crippen molar-refractivity contribution in [1.82, 2.24) is 15.3 Å². The number of aliphatic hydroxyl groups is 2. The Morgan fingerprint density at radius 1 is 0.658 bits per heavy atom. The SMILES string of the molecule is CC#N.COc1cc2c(c(OC)c1OC)-c1ccc(SC)c(=O)cc1[C@@H](N)CC2.COc1cc2c(c(OC)c1OC)-c1ccc(SC)c(=O)cc1[C@@H](NC(=O)c1cccc(CO)n1)CC2.O=C(O)c1cccc(CO)n1. The minimum Gasteiger partial charge on any atom is -0.493 e. The summed E-state index contributed by atoms with van der Waals surface area (Å²) < 4.78 is 33.7. The summed E-state index contributed by atoms with van der Waals surface area (Å²) in [6, 6.07) is 25.1. The molecule has 6 N–H and O–H groups in total. The molecule has 76 heavy (non-hydrogen) atoms. The number of aliphatic hydroxyl groups excluding tert-OH is 2. The fourth-order valence-electron chi connectivity index (χ4n) is 8.73. The molecule has 2 aliphatic carbocycles. The van der Waals surface area contributed by atoms with Gasteiger partial charge < -0.3 is 54.8 Å². The van der Waals surface area contributed by atoms with Gasteiger partial charge >= 0.3 is 5.97 Å². The Hall–Kier alpha value is -7.67. The molecule has 4 aromatic carbocycles. The Morgan fingerprint density at radius 2 is 1.09 bits per heavy atom. The van der Waals surface area contributed by atoms with E-state index in [1.54, 1.807) is 97.3 Å². The van der Waals surface area contributed by atoms with Gasteiger partial charge in [0.2, 0.25) is 11.5 Å². The van der Waals surface area contributed by atoms with Gasteiger partial charge in [-0.2, -0.15) is 5.26 Å². The van der Waals surface area contributed by atoms with Crippen molar-refractivity contribution in [3.8, 4) is 62.8 Å². The van der Waals surface area contributed by atoms with Gasteiger partial charge in [0.15, 0.2) is 33.9 Å². The molecular formula is C56H61N5O13S2. The number of amides is 1. The molecule has 0 unspecified atom stereocenters. The smallest absolute Gasteiger partial charge is 0.354 e. The average molecular weight is 1080 g/mol. The van der Waals surface area contributed by atoms with Crippen LogP contribution in [-0.4, -0.2) is 92.3 Å². The number of nitrogens with two attached hydrogens (primary N) is 1. The molecule has 20 heteroatoms. The Labute approximate surface area is 449 Å². The number of benzene rings is 2. The molecule has 2 aromatic heterocycles. The van der Waals surface area contributed by atoms with E-state index in [1.165, 1.54) is 36.5 Å². The normalized spacial score (nSPS) is 13.5. The summed E-state index contributed by atoms with van der Waals surface area (Å²) in [5.74, 6) is 1.78. The van der Waals surface area contributed by atoms with Crippen molar-refractivity contribution in [3.63, 3.8) is 0 Å². The van der Waals surface area contributed by atoms with E-state index in [0.29, 0.717) is 74.1 Å². The maximum absolute atomic E-state index is 13.2. The third-order valence-electron chi connectivity index (χ3n) is 12.2. The van der Waals surface area contributed by atoms with E-state index in [0.717, 1.165) is 51.8 Å². The number of nitriles is 1. The number of pyridine rings is 2. The summed E-state index contributed by atoms with van der Waals surface area (Å²) in [6.07, 6.45) is 6.35. The second-order valence-electron chi connectivity index (χ2n) is 16.5. The summed E-state index contributed by atoms with van der Waals surface area (Å²) in [7, 11) is 9.48. The lowest BCUT2D eigenvalue weighted by Crippen LogP contribution is -2.30. The van der Waals surface area contributed by atoms with Crippen LogP contribution in [0.15, 0.2) is 104 Å². The zero-order valence-corrected chi connectivity index (χ0v) is 45.3. The molecule has 400 valence electrons. The van der Waals surface area contributed by atoms with E-state index in [4.69, 9.17) is 49.6 Å². The third kappa shape index (κ3) is 13.6. The van der Waals surface area contributed by atoms with Crippen LogP contribution in [0.3, 0.4) is 0 Å². The van der Waals surface area contributed by atoms with Crippen LogP contribution in [0.2, 0.25) is 0 Å². The molecule has 8 rings (SSSR count).